The van der Waals surface area contributed by atoms with E-state index in [9.17, 15) is 13.2 Å². The molecule has 0 bridgehead atoms. The highest BCUT2D eigenvalue weighted by molar-refractivity contribution is 7.89. The third-order valence-electron chi connectivity index (χ3n) is 6.28. The lowest BCUT2D eigenvalue weighted by Gasteiger charge is -2.30. The summed E-state index contributed by atoms with van der Waals surface area (Å²) >= 11 is 6.16. The van der Waals surface area contributed by atoms with Crippen molar-refractivity contribution >= 4 is 38.5 Å². The maximum Gasteiger partial charge on any atom is 0.287 e. The van der Waals surface area contributed by atoms with Gasteiger partial charge in [0.2, 0.25) is 10.0 Å². The van der Waals surface area contributed by atoms with Crippen molar-refractivity contribution in [3.8, 4) is 0 Å². The Morgan fingerprint density at radius 2 is 1.88 bits per heavy atom. The van der Waals surface area contributed by atoms with Gasteiger partial charge in [0, 0.05) is 35.6 Å². The number of furan rings is 1. The molecule has 0 saturated heterocycles. The number of nitrogens with one attached hydrogen (secondary N) is 1. The van der Waals surface area contributed by atoms with Crippen molar-refractivity contribution in [1.29, 1.82) is 0 Å². The highest BCUT2D eigenvalue weighted by Crippen LogP contribution is 2.31. The lowest BCUT2D eigenvalue weighted by atomic mass is 9.96. The number of carbonyl (C=O) groups excluding carboxylic acids is 1. The van der Waals surface area contributed by atoms with Gasteiger partial charge in [0.25, 0.3) is 5.91 Å². The number of benzene rings is 2. The van der Waals surface area contributed by atoms with E-state index in [0.29, 0.717) is 21.6 Å². The van der Waals surface area contributed by atoms with Gasteiger partial charge < -0.3 is 9.73 Å². The molecular formula is C24H27ClN2O4S. The number of nitrogens with zero attached hydrogens (tertiary/aromatic N) is 1. The SMILES string of the molecule is Cc1c(C(=O)NCc2ccccc2Cl)oc2ccc(S(=O)(=O)N(C)C3CCCCC3)cc12. The van der Waals surface area contributed by atoms with E-state index in [2.05, 4.69) is 5.32 Å². The molecule has 1 fully saturated rings. The Labute approximate surface area is 193 Å². The van der Waals surface area contributed by atoms with Crippen molar-refractivity contribution in [2.75, 3.05) is 7.05 Å². The van der Waals surface area contributed by atoms with E-state index in [0.717, 1.165) is 37.7 Å². The minimum Gasteiger partial charge on any atom is -0.451 e. The fourth-order valence-electron chi connectivity index (χ4n) is 4.28. The molecule has 1 heterocycles. The molecule has 8 heteroatoms. The molecular weight excluding hydrogens is 448 g/mol. The van der Waals surface area contributed by atoms with Crippen molar-refractivity contribution in [2.24, 2.45) is 0 Å². The number of amides is 1. The number of halogens is 1. The lowest BCUT2D eigenvalue weighted by Crippen LogP contribution is -2.38. The van der Waals surface area contributed by atoms with Gasteiger partial charge in [0.15, 0.2) is 5.76 Å². The van der Waals surface area contributed by atoms with Crippen LogP contribution >= 0.6 is 11.6 Å². The number of fused-ring (bicyclic) bond motifs is 1. The van der Waals surface area contributed by atoms with Crippen LogP contribution < -0.4 is 5.32 Å². The number of rotatable bonds is 6. The van der Waals surface area contributed by atoms with Crippen LogP contribution in [0.5, 0.6) is 0 Å². The highest BCUT2D eigenvalue weighted by atomic mass is 35.5. The van der Waals surface area contributed by atoms with Crippen LogP contribution in [0.15, 0.2) is 51.8 Å². The minimum absolute atomic E-state index is 0.0287. The van der Waals surface area contributed by atoms with E-state index < -0.39 is 10.0 Å². The van der Waals surface area contributed by atoms with Gasteiger partial charge in [-0.1, -0.05) is 49.1 Å². The van der Waals surface area contributed by atoms with Gasteiger partial charge in [-0.3, -0.25) is 4.79 Å². The molecule has 2 aromatic carbocycles. The fourth-order valence-corrected chi connectivity index (χ4v) is 5.93. The first-order valence-corrected chi connectivity index (χ1v) is 12.6. The van der Waals surface area contributed by atoms with E-state index in [1.54, 1.807) is 38.2 Å². The summed E-state index contributed by atoms with van der Waals surface area (Å²) < 4.78 is 33.7. The van der Waals surface area contributed by atoms with Crippen molar-refractivity contribution in [3.05, 3.63) is 64.4 Å². The number of hydrogen-bond donors (Lipinski definition) is 1. The summed E-state index contributed by atoms with van der Waals surface area (Å²) in [5, 5.41) is 4.01. The molecule has 6 nitrogen and oxygen atoms in total. The Balaban J connectivity index is 1.58. The molecule has 0 radical (unpaired) electrons. The molecule has 0 atom stereocenters. The summed E-state index contributed by atoms with van der Waals surface area (Å²) in [6.07, 6.45) is 5.04. The maximum absolute atomic E-state index is 13.2. The molecule has 0 aliphatic heterocycles. The van der Waals surface area contributed by atoms with E-state index in [1.165, 1.54) is 4.31 Å². The van der Waals surface area contributed by atoms with Gasteiger partial charge >= 0.3 is 0 Å². The zero-order valence-corrected chi connectivity index (χ0v) is 19.8. The quantitative estimate of drug-likeness (QED) is 0.527. The first kappa shape index (κ1) is 22.8. The summed E-state index contributed by atoms with van der Waals surface area (Å²) in [5.74, 6) is -0.204. The molecule has 0 unspecified atom stereocenters. The number of hydrogen-bond acceptors (Lipinski definition) is 4. The monoisotopic (exact) mass is 474 g/mol. The van der Waals surface area contributed by atoms with Gasteiger partial charge in [-0.25, -0.2) is 8.42 Å². The maximum atomic E-state index is 13.2. The van der Waals surface area contributed by atoms with Crippen LogP contribution in [-0.2, 0) is 16.6 Å². The topological polar surface area (TPSA) is 79.6 Å². The minimum atomic E-state index is -3.63. The smallest absolute Gasteiger partial charge is 0.287 e. The van der Waals surface area contributed by atoms with E-state index in [4.69, 9.17) is 16.0 Å². The average molecular weight is 475 g/mol. The van der Waals surface area contributed by atoms with Gasteiger partial charge in [0.05, 0.1) is 4.90 Å². The van der Waals surface area contributed by atoms with Crippen LogP contribution in [0.4, 0.5) is 0 Å². The predicted octanol–water partition coefficient (Wildman–Crippen LogP) is 5.28. The average Bonchev–Trinajstić information content (AvgIpc) is 3.14. The molecule has 1 N–H and O–H groups in total. The highest BCUT2D eigenvalue weighted by Gasteiger charge is 2.30. The standard InChI is InChI=1S/C24H27ClN2O4S/c1-16-20-14-19(32(29,30)27(2)18-9-4-3-5-10-18)12-13-22(20)31-23(16)24(28)26-15-17-8-6-7-11-21(17)25/h6-8,11-14,18H,3-5,9-10,15H2,1-2H3,(H,26,28). The van der Waals surface area contributed by atoms with Gasteiger partial charge in [0.1, 0.15) is 5.58 Å². The number of sulfonamides is 1. The Morgan fingerprint density at radius 3 is 2.59 bits per heavy atom. The number of aryl methyl sites for hydroxylation is 1. The van der Waals surface area contributed by atoms with Crippen LogP contribution in [0.1, 0.15) is 53.8 Å². The molecule has 32 heavy (non-hydrogen) atoms. The van der Waals surface area contributed by atoms with Crippen molar-refractivity contribution in [3.63, 3.8) is 0 Å². The van der Waals surface area contributed by atoms with E-state index in [1.807, 2.05) is 18.2 Å². The molecule has 1 saturated carbocycles. The van der Waals surface area contributed by atoms with Crippen molar-refractivity contribution in [2.45, 2.75) is 56.5 Å². The summed E-state index contributed by atoms with van der Waals surface area (Å²) in [6.45, 7) is 2.03. The lowest BCUT2D eigenvalue weighted by molar-refractivity contribution is 0.0924. The van der Waals surface area contributed by atoms with Gasteiger partial charge in [-0.05, 0) is 49.6 Å². The van der Waals surface area contributed by atoms with Crippen LogP contribution in [-0.4, -0.2) is 31.7 Å². The van der Waals surface area contributed by atoms with Gasteiger partial charge in [-0.2, -0.15) is 4.31 Å². The second-order valence-electron chi connectivity index (χ2n) is 8.30. The first-order chi connectivity index (χ1) is 15.3. The second-order valence-corrected chi connectivity index (χ2v) is 10.7. The second kappa shape index (κ2) is 9.25. The molecule has 170 valence electrons. The summed E-state index contributed by atoms with van der Waals surface area (Å²) in [7, 11) is -1.97. The zero-order valence-electron chi connectivity index (χ0n) is 18.2. The molecule has 1 aliphatic rings. The van der Waals surface area contributed by atoms with Crippen LogP contribution in [0.2, 0.25) is 5.02 Å². The van der Waals surface area contributed by atoms with Crippen LogP contribution in [0.3, 0.4) is 0 Å². The molecule has 1 aliphatic carbocycles. The Hall–Kier alpha value is -2.35. The van der Waals surface area contributed by atoms with Crippen LogP contribution in [0, 0.1) is 6.92 Å². The van der Waals surface area contributed by atoms with E-state index >= 15 is 0 Å². The number of carbonyl (C=O) groups is 1. The molecule has 0 spiro atoms. The third-order valence-corrected chi connectivity index (χ3v) is 8.55. The first-order valence-electron chi connectivity index (χ1n) is 10.8. The van der Waals surface area contributed by atoms with E-state index in [-0.39, 0.29) is 29.1 Å². The summed E-state index contributed by atoms with van der Waals surface area (Å²) in [6, 6.07) is 12.1. The van der Waals surface area contributed by atoms with Crippen LogP contribution in [0.25, 0.3) is 11.0 Å². The predicted molar refractivity (Wildman–Crippen MR) is 125 cm³/mol. The zero-order chi connectivity index (χ0) is 22.9. The molecule has 3 aromatic rings. The molecule has 1 amide bonds. The van der Waals surface area contributed by atoms with Gasteiger partial charge in [-0.15, -0.1) is 0 Å². The van der Waals surface area contributed by atoms with Crippen molar-refractivity contribution < 1.29 is 17.6 Å². The molecule has 1 aromatic heterocycles. The Kier molecular flexibility index (Phi) is 6.60. The Bertz CT molecular complexity index is 1250. The normalized spacial score (nSPS) is 15.4. The third kappa shape index (κ3) is 4.42. The molecule has 4 rings (SSSR count). The fraction of sp³-hybridized carbons (Fsp3) is 0.375. The largest absolute Gasteiger partial charge is 0.451 e. The Morgan fingerprint density at radius 1 is 1.16 bits per heavy atom. The summed E-state index contributed by atoms with van der Waals surface area (Å²) in [5.41, 5.74) is 1.88. The van der Waals surface area contributed by atoms with Crippen molar-refractivity contribution in [1.82, 2.24) is 9.62 Å². The summed E-state index contributed by atoms with van der Waals surface area (Å²) in [4.78, 5) is 13.0.